The van der Waals surface area contributed by atoms with Crippen molar-refractivity contribution in [2.45, 2.75) is 55.9 Å². The van der Waals surface area contributed by atoms with Crippen molar-refractivity contribution in [3.05, 3.63) is 0 Å². The molecule has 4 nitrogen and oxygen atoms in total. The Hall–Kier alpha value is -0.130. The second kappa shape index (κ2) is 5.02. The summed E-state index contributed by atoms with van der Waals surface area (Å²) in [5.41, 5.74) is 5.92. The highest BCUT2D eigenvalue weighted by Crippen LogP contribution is 2.25. The molecule has 0 aromatic heterocycles. The zero-order valence-corrected chi connectivity index (χ0v) is 10.4. The summed E-state index contributed by atoms with van der Waals surface area (Å²) in [4.78, 5) is 0. The van der Waals surface area contributed by atoms with E-state index in [0.717, 1.165) is 38.5 Å². The minimum atomic E-state index is -3.07. The fourth-order valence-electron chi connectivity index (χ4n) is 2.73. The van der Waals surface area contributed by atoms with Crippen LogP contribution in [-0.2, 0) is 14.6 Å². The quantitative estimate of drug-likeness (QED) is 0.802. The van der Waals surface area contributed by atoms with Crippen LogP contribution in [0.4, 0.5) is 0 Å². The van der Waals surface area contributed by atoms with Gasteiger partial charge in [0, 0.05) is 12.6 Å². The van der Waals surface area contributed by atoms with Gasteiger partial charge >= 0.3 is 0 Å². The maximum absolute atomic E-state index is 12.2. The Balaban J connectivity index is 1.99. The molecule has 94 valence electrons. The monoisotopic (exact) mass is 247 g/mol. The number of nitrogens with two attached hydrogens (primary N) is 1. The zero-order chi connectivity index (χ0) is 11.6. The van der Waals surface area contributed by atoms with Crippen molar-refractivity contribution in [2.75, 3.05) is 12.4 Å². The van der Waals surface area contributed by atoms with Crippen LogP contribution in [0.3, 0.4) is 0 Å². The van der Waals surface area contributed by atoms with Crippen LogP contribution < -0.4 is 5.73 Å². The molecule has 1 saturated carbocycles. The number of rotatable bonds is 3. The van der Waals surface area contributed by atoms with E-state index in [1.807, 2.05) is 0 Å². The van der Waals surface area contributed by atoms with Crippen molar-refractivity contribution in [3.8, 4) is 0 Å². The highest BCUT2D eigenvalue weighted by molar-refractivity contribution is 7.92. The maximum Gasteiger partial charge on any atom is 0.157 e. The second-order valence-electron chi connectivity index (χ2n) is 4.95. The van der Waals surface area contributed by atoms with Gasteiger partial charge in [-0.05, 0) is 25.7 Å². The van der Waals surface area contributed by atoms with E-state index in [1.54, 1.807) is 0 Å². The summed E-state index contributed by atoms with van der Waals surface area (Å²) in [5, 5.41) is -0.328. The van der Waals surface area contributed by atoms with Gasteiger partial charge in [-0.25, -0.2) is 8.42 Å². The van der Waals surface area contributed by atoms with E-state index in [2.05, 4.69) is 0 Å². The predicted octanol–water partition coefficient (Wildman–Crippen LogP) is 0.850. The average Bonchev–Trinajstić information content (AvgIpc) is 2.70. The molecule has 2 aliphatic rings. The summed E-state index contributed by atoms with van der Waals surface area (Å²) >= 11 is 0. The van der Waals surface area contributed by atoms with Crippen molar-refractivity contribution in [3.63, 3.8) is 0 Å². The molecule has 3 unspecified atom stereocenters. The van der Waals surface area contributed by atoms with Gasteiger partial charge in [0.05, 0.1) is 17.1 Å². The second-order valence-corrected chi connectivity index (χ2v) is 7.22. The molecule has 16 heavy (non-hydrogen) atoms. The van der Waals surface area contributed by atoms with E-state index in [1.165, 1.54) is 0 Å². The standard InChI is InChI=1S/C11H21NO3S/c12-10-5-1-2-6-11(10)16(13,14)8-9-4-3-7-15-9/h9-11H,1-8,12H2. The largest absolute Gasteiger partial charge is 0.377 e. The van der Waals surface area contributed by atoms with E-state index in [-0.39, 0.29) is 23.1 Å². The van der Waals surface area contributed by atoms with Gasteiger partial charge in [-0.15, -0.1) is 0 Å². The van der Waals surface area contributed by atoms with Crippen molar-refractivity contribution in [2.24, 2.45) is 5.73 Å². The summed E-state index contributed by atoms with van der Waals surface area (Å²) in [6, 6.07) is -0.167. The summed E-state index contributed by atoms with van der Waals surface area (Å²) in [6.45, 7) is 0.705. The van der Waals surface area contributed by atoms with Gasteiger partial charge < -0.3 is 10.5 Å². The predicted molar refractivity (Wildman–Crippen MR) is 63.0 cm³/mol. The van der Waals surface area contributed by atoms with Gasteiger partial charge in [0.25, 0.3) is 0 Å². The molecule has 3 atom stereocenters. The van der Waals surface area contributed by atoms with Crippen molar-refractivity contribution in [1.82, 2.24) is 0 Å². The number of hydrogen-bond donors (Lipinski definition) is 1. The molecule has 1 saturated heterocycles. The Morgan fingerprint density at radius 2 is 1.88 bits per heavy atom. The molecular formula is C11H21NO3S. The van der Waals surface area contributed by atoms with Crippen LogP contribution in [0.2, 0.25) is 0 Å². The van der Waals surface area contributed by atoms with Crippen LogP contribution >= 0.6 is 0 Å². The SMILES string of the molecule is NC1CCCCC1S(=O)(=O)CC1CCCO1. The van der Waals surface area contributed by atoms with Crippen LogP contribution in [-0.4, -0.2) is 38.2 Å². The third-order valence-corrected chi connectivity index (χ3v) is 6.00. The first-order chi connectivity index (χ1) is 7.59. The first-order valence-corrected chi connectivity index (χ1v) is 7.90. The van der Waals surface area contributed by atoms with E-state index >= 15 is 0 Å². The minimum Gasteiger partial charge on any atom is -0.377 e. The lowest BCUT2D eigenvalue weighted by Crippen LogP contribution is -2.45. The number of sulfone groups is 1. The summed E-state index contributed by atoms with van der Waals surface area (Å²) in [6.07, 6.45) is 5.40. The molecule has 0 aromatic rings. The van der Waals surface area contributed by atoms with Gasteiger partial charge in [0.1, 0.15) is 0 Å². The van der Waals surface area contributed by atoms with E-state index < -0.39 is 9.84 Å². The Labute approximate surface area is 97.5 Å². The third kappa shape index (κ3) is 2.76. The molecule has 0 spiro atoms. The molecule has 2 N–H and O–H groups in total. The molecule has 1 aliphatic carbocycles. The van der Waals surface area contributed by atoms with Crippen LogP contribution in [0, 0.1) is 0 Å². The summed E-state index contributed by atoms with van der Waals surface area (Å²) in [5.74, 6) is 0.172. The van der Waals surface area contributed by atoms with Crippen LogP contribution in [0.25, 0.3) is 0 Å². The molecule has 1 aliphatic heterocycles. The van der Waals surface area contributed by atoms with Gasteiger partial charge in [0.15, 0.2) is 9.84 Å². The Morgan fingerprint density at radius 3 is 2.50 bits per heavy atom. The smallest absolute Gasteiger partial charge is 0.157 e. The van der Waals surface area contributed by atoms with Crippen LogP contribution in [0.5, 0.6) is 0 Å². The average molecular weight is 247 g/mol. The first kappa shape index (κ1) is 12.3. The highest BCUT2D eigenvalue weighted by atomic mass is 32.2. The highest BCUT2D eigenvalue weighted by Gasteiger charge is 2.35. The van der Waals surface area contributed by atoms with Crippen molar-refractivity contribution in [1.29, 1.82) is 0 Å². The number of ether oxygens (including phenoxy) is 1. The summed E-state index contributed by atoms with van der Waals surface area (Å²) in [7, 11) is -3.07. The maximum atomic E-state index is 12.2. The normalized spacial score (nSPS) is 36.4. The lowest BCUT2D eigenvalue weighted by Gasteiger charge is -2.29. The van der Waals surface area contributed by atoms with Gasteiger partial charge in [0.2, 0.25) is 0 Å². The fraction of sp³-hybridized carbons (Fsp3) is 1.00. The molecular weight excluding hydrogens is 226 g/mol. The van der Waals surface area contributed by atoms with Crippen molar-refractivity contribution >= 4 is 9.84 Å². The van der Waals surface area contributed by atoms with Gasteiger partial charge in [-0.3, -0.25) is 0 Å². The Morgan fingerprint density at radius 1 is 1.12 bits per heavy atom. The molecule has 2 fully saturated rings. The van der Waals surface area contributed by atoms with E-state index in [0.29, 0.717) is 6.61 Å². The molecule has 0 aromatic carbocycles. The lowest BCUT2D eigenvalue weighted by molar-refractivity contribution is 0.127. The zero-order valence-electron chi connectivity index (χ0n) is 9.60. The number of hydrogen-bond acceptors (Lipinski definition) is 4. The topological polar surface area (TPSA) is 69.4 Å². The van der Waals surface area contributed by atoms with Gasteiger partial charge in [-0.1, -0.05) is 12.8 Å². The van der Waals surface area contributed by atoms with Crippen LogP contribution in [0.15, 0.2) is 0 Å². The lowest BCUT2D eigenvalue weighted by atomic mass is 9.96. The van der Waals surface area contributed by atoms with Crippen LogP contribution in [0.1, 0.15) is 38.5 Å². The molecule has 2 rings (SSSR count). The van der Waals surface area contributed by atoms with Gasteiger partial charge in [-0.2, -0.15) is 0 Å². The Bertz CT molecular complexity index is 322. The van der Waals surface area contributed by atoms with Crippen molar-refractivity contribution < 1.29 is 13.2 Å². The molecule has 0 amide bonds. The fourth-order valence-corrected chi connectivity index (χ4v) is 4.95. The molecule has 1 heterocycles. The molecule has 5 heteroatoms. The van der Waals surface area contributed by atoms with E-state index in [9.17, 15) is 8.42 Å². The Kier molecular flexibility index (Phi) is 3.87. The first-order valence-electron chi connectivity index (χ1n) is 6.18. The minimum absolute atomic E-state index is 0.0841. The summed E-state index contributed by atoms with van der Waals surface area (Å²) < 4.78 is 29.8. The molecule has 0 bridgehead atoms. The molecule has 0 radical (unpaired) electrons. The third-order valence-electron chi connectivity index (χ3n) is 3.66. The van der Waals surface area contributed by atoms with E-state index in [4.69, 9.17) is 10.5 Å².